The lowest BCUT2D eigenvalue weighted by molar-refractivity contribution is -0.114. The molecule has 1 amide bonds. The van der Waals surface area contributed by atoms with Crippen molar-refractivity contribution >= 4 is 38.6 Å². The van der Waals surface area contributed by atoms with Gasteiger partial charge in [0.15, 0.2) is 5.04 Å². The predicted octanol–water partition coefficient (Wildman–Crippen LogP) is 2.21. The smallest absolute Gasteiger partial charge is 0.276 e. The van der Waals surface area contributed by atoms with E-state index in [0.717, 1.165) is 17.4 Å². The molecule has 0 bridgehead atoms. The minimum absolute atomic E-state index is 0.0673. The lowest BCUT2D eigenvalue weighted by Crippen LogP contribution is -2.28. The average Bonchev–Trinajstić information content (AvgIpc) is 2.86. The van der Waals surface area contributed by atoms with Gasteiger partial charge in [-0.1, -0.05) is 58.0 Å². The first-order valence-corrected chi connectivity index (χ1v) is 7.39. The van der Waals surface area contributed by atoms with E-state index in [-0.39, 0.29) is 5.91 Å². The maximum absolute atomic E-state index is 11.8. The zero-order valence-electron chi connectivity index (χ0n) is 9.23. The average molecular weight is 313 g/mol. The number of rotatable bonds is 4. The number of nitrogens with zero attached hydrogens (tertiary/aromatic N) is 1. The van der Waals surface area contributed by atoms with E-state index in [2.05, 4.69) is 26.2 Å². The summed E-state index contributed by atoms with van der Waals surface area (Å²) in [4.78, 5) is 16.0. The number of halogens is 1. The highest BCUT2D eigenvalue weighted by atomic mass is 79.9. The van der Waals surface area contributed by atoms with Crippen molar-refractivity contribution in [3.63, 3.8) is 0 Å². The molecule has 2 rings (SSSR count). The highest BCUT2D eigenvalue weighted by molar-refractivity contribution is 9.09. The molecule has 3 nitrogen and oxygen atoms in total. The Bertz CT molecular complexity index is 422. The number of alkyl halides is 1. The number of carbonyl (C=O) groups excluding carboxylic acids is 1. The highest BCUT2D eigenvalue weighted by Gasteiger charge is 2.23. The second kappa shape index (κ2) is 6.21. The van der Waals surface area contributed by atoms with Crippen LogP contribution in [0.2, 0.25) is 0 Å². The lowest BCUT2D eigenvalue weighted by atomic mass is 10.2. The fraction of sp³-hybridized carbons (Fsp3) is 0.333. The lowest BCUT2D eigenvalue weighted by Gasteiger charge is -2.05. The minimum Gasteiger partial charge on any atom is -0.346 e. The maximum atomic E-state index is 11.8. The van der Waals surface area contributed by atoms with Crippen molar-refractivity contribution in [2.24, 2.45) is 4.99 Å². The molecule has 0 fully saturated rings. The van der Waals surface area contributed by atoms with Gasteiger partial charge in [0.05, 0.1) is 6.54 Å². The summed E-state index contributed by atoms with van der Waals surface area (Å²) in [5, 5.41) is 4.75. The molecule has 1 atom stereocenters. The number of hydrogen-bond acceptors (Lipinski definition) is 3. The van der Waals surface area contributed by atoms with Crippen molar-refractivity contribution in [2.75, 3.05) is 11.9 Å². The molecule has 0 saturated carbocycles. The van der Waals surface area contributed by atoms with Gasteiger partial charge in [-0.2, -0.15) is 0 Å². The van der Waals surface area contributed by atoms with Crippen molar-refractivity contribution in [2.45, 2.75) is 11.8 Å². The standard InChI is InChI=1S/C12H13BrN2OS/c13-6-10-8-15-12(17-10)11(16)14-7-9-4-2-1-3-5-9/h1-5,10H,6-8H2,(H,14,16). The summed E-state index contributed by atoms with van der Waals surface area (Å²) in [7, 11) is 0. The van der Waals surface area contributed by atoms with E-state index < -0.39 is 0 Å². The maximum Gasteiger partial charge on any atom is 0.276 e. The second-order valence-electron chi connectivity index (χ2n) is 3.71. The summed E-state index contributed by atoms with van der Waals surface area (Å²) < 4.78 is 0. The van der Waals surface area contributed by atoms with Crippen LogP contribution in [-0.2, 0) is 11.3 Å². The van der Waals surface area contributed by atoms with Crippen LogP contribution in [0.4, 0.5) is 0 Å². The van der Waals surface area contributed by atoms with Gasteiger partial charge in [-0.25, -0.2) is 0 Å². The first kappa shape index (κ1) is 12.6. The van der Waals surface area contributed by atoms with Gasteiger partial charge in [-0.05, 0) is 5.56 Å². The van der Waals surface area contributed by atoms with Gasteiger partial charge in [0.2, 0.25) is 0 Å². The number of amides is 1. The fourth-order valence-electron chi connectivity index (χ4n) is 1.48. The van der Waals surface area contributed by atoms with Gasteiger partial charge in [-0.3, -0.25) is 9.79 Å². The molecule has 0 radical (unpaired) electrons. The predicted molar refractivity (Wildman–Crippen MR) is 75.8 cm³/mol. The van der Waals surface area contributed by atoms with Crippen LogP contribution in [0.25, 0.3) is 0 Å². The van der Waals surface area contributed by atoms with E-state index >= 15 is 0 Å². The largest absolute Gasteiger partial charge is 0.346 e. The molecule has 1 heterocycles. The van der Waals surface area contributed by atoms with Gasteiger partial charge < -0.3 is 5.32 Å². The topological polar surface area (TPSA) is 41.5 Å². The van der Waals surface area contributed by atoms with Gasteiger partial charge in [0, 0.05) is 17.1 Å². The van der Waals surface area contributed by atoms with Crippen molar-refractivity contribution in [3.05, 3.63) is 35.9 Å². The Kier molecular flexibility index (Phi) is 4.62. The van der Waals surface area contributed by atoms with Crippen LogP contribution in [0, 0.1) is 0 Å². The third kappa shape index (κ3) is 3.57. The third-order valence-electron chi connectivity index (χ3n) is 2.38. The van der Waals surface area contributed by atoms with Crippen molar-refractivity contribution < 1.29 is 4.79 Å². The molecular weight excluding hydrogens is 300 g/mol. The number of carbonyl (C=O) groups is 1. The van der Waals surface area contributed by atoms with E-state index in [1.807, 2.05) is 30.3 Å². The summed E-state index contributed by atoms with van der Waals surface area (Å²) in [6, 6.07) is 9.87. The first-order chi connectivity index (χ1) is 8.29. The van der Waals surface area contributed by atoms with Crippen LogP contribution in [-0.4, -0.2) is 28.1 Å². The van der Waals surface area contributed by atoms with E-state index in [9.17, 15) is 4.79 Å². The number of hydrogen-bond donors (Lipinski definition) is 1. The molecule has 5 heteroatoms. The zero-order valence-corrected chi connectivity index (χ0v) is 11.6. The Balaban J connectivity index is 1.83. The summed E-state index contributed by atoms with van der Waals surface area (Å²) in [6.07, 6.45) is 0. The molecule has 0 aromatic heterocycles. The zero-order chi connectivity index (χ0) is 12.1. The van der Waals surface area contributed by atoms with Crippen LogP contribution in [0.3, 0.4) is 0 Å². The minimum atomic E-state index is -0.0673. The number of aliphatic imine (C=N–C) groups is 1. The Morgan fingerprint density at radius 3 is 2.88 bits per heavy atom. The molecule has 0 aliphatic carbocycles. The fourth-order valence-corrected chi connectivity index (χ4v) is 2.93. The normalized spacial score (nSPS) is 18.9. The Morgan fingerprint density at radius 1 is 1.47 bits per heavy atom. The van der Waals surface area contributed by atoms with Crippen molar-refractivity contribution in [1.82, 2.24) is 5.32 Å². The molecule has 1 N–H and O–H groups in total. The molecule has 0 saturated heterocycles. The molecule has 1 aliphatic rings. The molecular formula is C12H13BrN2OS. The summed E-state index contributed by atoms with van der Waals surface area (Å²) in [5.41, 5.74) is 1.10. The molecule has 1 aliphatic heterocycles. The van der Waals surface area contributed by atoms with Crippen molar-refractivity contribution in [3.8, 4) is 0 Å². The molecule has 17 heavy (non-hydrogen) atoms. The number of nitrogens with one attached hydrogen (secondary N) is 1. The number of thioether (sulfide) groups is 1. The first-order valence-electron chi connectivity index (χ1n) is 5.39. The monoisotopic (exact) mass is 312 g/mol. The SMILES string of the molecule is O=C(NCc1ccccc1)C1=NCC(CBr)S1. The van der Waals surface area contributed by atoms with Crippen LogP contribution in [0.1, 0.15) is 5.56 Å². The van der Waals surface area contributed by atoms with Gasteiger partial charge >= 0.3 is 0 Å². The molecule has 90 valence electrons. The third-order valence-corrected chi connectivity index (χ3v) is 4.78. The number of benzene rings is 1. The Hall–Kier alpha value is -0.810. The summed E-state index contributed by atoms with van der Waals surface area (Å²) in [6.45, 7) is 1.28. The Morgan fingerprint density at radius 2 is 2.24 bits per heavy atom. The summed E-state index contributed by atoms with van der Waals surface area (Å²) >= 11 is 4.95. The highest BCUT2D eigenvalue weighted by Crippen LogP contribution is 2.22. The van der Waals surface area contributed by atoms with E-state index in [1.165, 1.54) is 0 Å². The van der Waals surface area contributed by atoms with Crippen LogP contribution in [0.5, 0.6) is 0 Å². The van der Waals surface area contributed by atoms with E-state index in [1.54, 1.807) is 11.8 Å². The van der Waals surface area contributed by atoms with E-state index in [0.29, 0.717) is 16.8 Å². The van der Waals surface area contributed by atoms with Gasteiger partial charge in [0.25, 0.3) is 5.91 Å². The van der Waals surface area contributed by atoms with Crippen LogP contribution < -0.4 is 5.32 Å². The Labute approximate surface area is 113 Å². The van der Waals surface area contributed by atoms with Gasteiger partial charge in [-0.15, -0.1) is 0 Å². The molecule has 1 aromatic carbocycles. The molecule has 1 aromatic rings. The van der Waals surface area contributed by atoms with E-state index in [4.69, 9.17) is 0 Å². The van der Waals surface area contributed by atoms with Crippen LogP contribution >= 0.6 is 27.7 Å². The van der Waals surface area contributed by atoms with Gasteiger partial charge in [0.1, 0.15) is 0 Å². The quantitative estimate of drug-likeness (QED) is 0.866. The molecule has 1 unspecified atom stereocenters. The molecule has 0 spiro atoms. The van der Waals surface area contributed by atoms with Crippen molar-refractivity contribution in [1.29, 1.82) is 0 Å². The summed E-state index contributed by atoms with van der Waals surface area (Å²) in [5.74, 6) is -0.0673. The second-order valence-corrected chi connectivity index (χ2v) is 5.64. The van der Waals surface area contributed by atoms with Crippen LogP contribution in [0.15, 0.2) is 35.3 Å².